The van der Waals surface area contributed by atoms with E-state index in [4.69, 9.17) is 11.6 Å². The van der Waals surface area contributed by atoms with Gasteiger partial charge in [-0.1, -0.05) is 23.7 Å². The molecular weight excluding hydrogens is 434 g/mol. The van der Waals surface area contributed by atoms with Crippen molar-refractivity contribution in [3.63, 3.8) is 0 Å². The minimum Gasteiger partial charge on any atom is -0.365 e. The van der Waals surface area contributed by atoms with Gasteiger partial charge in [-0.3, -0.25) is 4.79 Å². The number of benzene rings is 2. The van der Waals surface area contributed by atoms with Crippen molar-refractivity contribution in [1.82, 2.24) is 9.21 Å². The normalized spacial score (nSPS) is 20.3. The highest BCUT2D eigenvalue weighted by molar-refractivity contribution is 7.89. The topological polar surface area (TPSA) is 60.9 Å². The molecule has 0 saturated carbocycles. The number of halogens is 1. The van der Waals surface area contributed by atoms with Gasteiger partial charge in [0.05, 0.1) is 15.5 Å². The van der Waals surface area contributed by atoms with Crippen molar-refractivity contribution < 1.29 is 13.2 Å². The van der Waals surface area contributed by atoms with Crippen molar-refractivity contribution in [2.75, 3.05) is 37.6 Å². The number of sulfonamides is 1. The summed E-state index contributed by atoms with van der Waals surface area (Å²) in [6.45, 7) is 7.01. The summed E-state index contributed by atoms with van der Waals surface area (Å²) >= 11 is 6.33. The van der Waals surface area contributed by atoms with Crippen LogP contribution in [0.25, 0.3) is 0 Å². The van der Waals surface area contributed by atoms with Crippen LogP contribution >= 0.6 is 11.6 Å². The van der Waals surface area contributed by atoms with Crippen LogP contribution in [-0.2, 0) is 10.0 Å². The van der Waals surface area contributed by atoms with E-state index in [2.05, 4.69) is 36.9 Å². The van der Waals surface area contributed by atoms with Gasteiger partial charge < -0.3 is 9.80 Å². The number of piperazine rings is 1. The maximum atomic E-state index is 13.3. The largest absolute Gasteiger partial charge is 0.365 e. The Morgan fingerprint density at radius 1 is 1.03 bits per heavy atom. The second kappa shape index (κ2) is 8.81. The molecule has 0 unspecified atom stereocenters. The number of carbonyl (C=O) groups excluding carboxylic acids is 1. The number of amides is 1. The first-order valence-electron chi connectivity index (χ1n) is 10.7. The maximum Gasteiger partial charge on any atom is 0.255 e. The lowest BCUT2D eigenvalue weighted by Crippen LogP contribution is -2.53. The average molecular weight is 462 g/mol. The highest BCUT2D eigenvalue weighted by atomic mass is 35.5. The number of nitrogens with zero attached hydrogens (tertiary/aromatic N) is 3. The molecule has 4 rings (SSSR count). The monoisotopic (exact) mass is 461 g/mol. The molecule has 1 atom stereocenters. The van der Waals surface area contributed by atoms with Crippen molar-refractivity contribution in [3.05, 3.63) is 58.6 Å². The molecule has 2 heterocycles. The van der Waals surface area contributed by atoms with Gasteiger partial charge in [0.25, 0.3) is 5.91 Å². The summed E-state index contributed by atoms with van der Waals surface area (Å²) in [7, 11) is -3.61. The van der Waals surface area contributed by atoms with E-state index in [1.165, 1.54) is 28.1 Å². The zero-order valence-electron chi connectivity index (χ0n) is 17.9. The van der Waals surface area contributed by atoms with E-state index in [-0.39, 0.29) is 27.4 Å². The van der Waals surface area contributed by atoms with Crippen molar-refractivity contribution in [1.29, 1.82) is 0 Å². The molecule has 0 radical (unpaired) electrons. The molecule has 2 saturated heterocycles. The van der Waals surface area contributed by atoms with Gasteiger partial charge in [-0.05, 0) is 62.6 Å². The Hall–Kier alpha value is -2.09. The van der Waals surface area contributed by atoms with E-state index >= 15 is 0 Å². The lowest BCUT2D eigenvalue weighted by Gasteiger charge is -2.41. The highest BCUT2D eigenvalue weighted by Crippen LogP contribution is 2.28. The molecule has 6 nitrogen and oxygen atoms in total. The molecule has 0 N–H and O–H groups in total. The number of rotatable bonds is 4. The van der Waals surface area contributed by atoms with E-state index in [1.54, 1.807) is 4.90 Å². The molecule has 2 aliphatic rings. The Morgan fingerprint density at radius 2 is 1.77 bits per heavy atom. The van der Waals surface area contributed by atoms with Crippen molar-refractivity contribution in [2.45, 2.75) is 37.6 Å². The van der Waals surface area contributed by atoms with Crippen LogP contribution < -0.4 is 4.90 Å². The van der Waals surface area contributed by atoms with Gasteiger partial charge in [0.1, 0.15) is 0 Å². The lowest BCUT2D eigenvalue weighted by molar-refractivity contribution is 0.0726. The number of hydrogen-bond acceptors (Lipinski definition) is 4. The summed E-state index contributed by atoms with van der Waals surface area (Å²) in [5, 5.41) is 0.277. The van der Waals surface area contributed by atoms with Crippen LogP contribution in [0.3, 0.4) is 0 Å². The third-order valence-corrected chi connectivity index (χ3v) is 8.34. The summed E-state index contributed by atoms with van der Waals surface area (Å²) in [5.41, 5.74) is 2.60. The van der Waals surface area contributed by atoms with Crippen LogP contribution in [0.4, 0.5) is 5.69 Å². The third kappa shape index (κ3) is 4.45. The second-order valence-electron chi connectivity index (χ2n) is 8.39. The molecule has 0 aliphatic carbocycles. The van der Waals surface area contributed by atoms with Gasteiger partial charge in [-0.15, -0.1) is 0 Å². The first-order valence-corrected chi connectivity index (χ1v) is 12.5. The van der Waals surface area contributed by atoms with E-state index < -0.39 is 10.0 Å². The summed E-state index contributed by atoms with van der Waals surface area (Å²) < 4.78 is 27.3. The van der Waals surface area contributed by atoms with E-state index in [1.807, 2.05) is 6.07 Å². The SMILES string of the molecule is Cc1cccc(N2CCN(C(=O)c3cc(S(=O)(=O)N4CCCC4)ccc3Cl)C[C@@H]2C)c1. The highest BCUT2D eigenvalue weighted by Gasteiger charge is 2.31. The van der Waals surface area contributed by atoms with Crippen LogP contribution in [0.2, 0.25) is 5.02 Å². The van der Waals surface area contributed by atoms with Gasteiger partial charge in [0, 0.05) is 44.5 Å². The Labute approximate surface area is 189 Å². The van der Waals surface area contributed by atoms with E-state index in [0.717, 1.165) is 18.5 Å². The van der Waals surface area contributed by atoms with Gasteiger partial charge in [0.15, 0.2) is 0 Å². The molecule has 8 heteroatoms. The van der Waals surface area contributed by atoms with Crippen LogP contribution in [0, 0.1) is 6.92 Å². The summed E-state index contributed by atoms with van der Waals surface area (Å²) in [5.74, 6) is -0.223. The molecule has 2 aromatic rings. The minimum absolute atomic E-state index is 0.133. The predicted molar refractivity (Wildman–Crippen MR) is 123 cm³/mol. The van der Waals surface area contributed by atoms with Crippen LogP contribution in [-0.4, -0.2) is 62.3 Å². The average Bonchev–Trinajstić information content (AvgIpc) is 3.29. The van der Waals surface area contributed by atoms with E-state index in [9.17, 15) is 13.2 Å². The molecular formula is C23H28ClN3O3S. The molecule has 0 bridgehead atoms. The number of anilines is 1. The van der Waals surface area contributed by atoms with Crippen molar-refractivity contribution >= 4 is 33.2 Å². The Morgan fingerprint density at radius 3 is 2.45 bits per heavy atom. The maximum absolute atomic E-state index is 13.3. The summed E-state index contributed by atoms with van der Waals surface area (Å²) in [4.78, 5) is 17.5. The van der Waals surface area contributed by atoms with Crippen LogP contribution in [0.15, 0.2) is 47.4 Å². The summed E-state index contributed by atoms with van der Waals surface area (Å²) in [6.07, 6.45) is 1.73. The molecule has 2 aromatic carbocycles. The minimum atomic E-state index is -3.61. The standard InChI is InChI=1S/C23H28ClN3O3S/c1-17-6-5-7-19(14-17)27-13-12-25(16-18(27)2)23(28)21-15-20(8-9-22(21)24)31(29,30)26-10-3-4-11-26/h5-9,14-15,18H,3-4,10-13,16H2,1-2H3/t18-/m0/s1. The van der Waals surface area contributed by atoms with Crippen molar-refractivity contribution in [3.8, 4) is 0 Å². The molecule has 0 aromatic heterocycles. The molecule has 1 amide bonds. The predicted octanol–water partition coefficient (Wildman–Crippen LogP) is 3.78. The van der Waals surface area contributed by atoms with Gasteiger partial charge in [0.2, 0.25) is 10.0 Å². The molecule has 2 aliphatic heterocycles. The zero-order chi connectivity index (χ0) is 22.2. The smallest absolute Gasteiger partial charge is 0.255 e. The first-order chi connectivity index (χ1) is 14.8. The quantitative estimate of drug-likeness (QED) is 0.695. The summed E-state index contributed by atoms with van der Waals surface area (Å²) in [6, 6.07) is 12.9. The van der Waals surface area contributed by atoms with Crippen LogP contribution in [0.5, 0.6) is 0 Å². The molecule has 2 fully saturated rings. The zero-order valence-corrected chi connectivity index (χ0v) is 19.5. The lowest BCUT2D eigenvalue weighted by atomic mass is 10.1. The van der Waals surface area contributed by atoms with Gasteiger partial charge in [-0.2, -0.15) is 4.31 Å². The fourth-order valence-electron chi connectivity index (χ4n) is 4.41. The van der Waals surface area contributed by atoms with E-state index in [0.29, 0.717) is 32.7 Å². The Balaban J connectivity index is 1.53. The number of hydrogen-bond donors (Lipinski definition) is 0. The molecule has 0 spiro atoms. The molecule has 166 valence electrons. The molecule has 31 heavy (non-hydrogen) atoms. The van der Waals surface area contributed by atoms with Crippen LogP contribution in [0.1, 0.15) is 35.7 Å². The van der Waals surface area contributed by atoms with Gasteiger partial charge in [-0.25, -0.2) is 8.42 Å². The fraction of sp³-hybridized carbons (Fsp3) is 0.435. The second-order valence-corrected chi connectivity index (χ2v) is 10.7. The van der Waals surface area contributed by atoms with Gasteiger partial charge >= 0.3 is 0 Å². The Bertz CT molecular complexity index is 1080. The third-order valence-electron chi connectivity index (χ3n) is 6.12. The number of carbonyl (C=O) groups is 1. The number of aryl methyl sites for hydroxylation is 1. The van der Waals surface area contributed by atoms with Crippen molar-refractivity contribution in [2.24, 2.45) is 0 Å². The fourth-order valence-corrected chi connectivity index (χ4v) is 6.15. The Kier molecular flexibility index (Phi) is 6.28. The first kappa shape index (κ1) is 22.1.